The Morgan fingerprint density at radius 1 is 0.958 bits per heavy atom. The van der Waals surface area contributed by atoms with Gasteiger partial charge in [0.05, 0.1) is 16.2 Å². The number of non-ortho nitro benzene ring substituents is 1. The van der Waals surface area contributed by atoms with Gasteiger partial charge < -0.3 is 19.1 Å². The number of pyridine rings is 1. The predicted molar refractivity (Wildman–Crippen MR) is 170 cm³/mol. The minimum Gasteiger partial charge on any atom is -0.451 e. The van der Waals surface area contributed by atoms with Gasteiger partial charge in [0.25, 0.3) is 11.6 Å². The molecular weight excluding hydrogens is 642 g/mol. The standard InChI is InChI=1S/C34H27N3O10S/c1-34(21-45-33(40)46-26-17-15-25(16-18-26)37(41)42)29(32(39)47-28(22-10-4-2-5-11-22)23-12-6-3-7-13-23)36-30(38)27(31(36)48(34,43)44)20-24-14-8-9-19-35-24/h2-20,28-29,31H,21H2,1H3/b27-20-/t29-,31+,34-/m0/s1. The van der Waals surface area contributed by atoms with Gasteiger partial charge >= 0.3 is 12.1 Å². The molecule has 4 aromatic rings. The molecule has 0 aliphatic carbocycles. The number of β-lactam (4-membered cyclic amide) rings is 1. The Kier molecular flexibility index (Phi) is 8.50. The molecule has 3 heterocycles. The van der Waals surface area contributed by atoms with Crippen LogP contribution in [0.15, 0.2) is 115 Å². The normalized spacial score (nSPS) is 21.7. The molecule has 0 spiro atoms. The largest absolute Gasteiger partial charge is 0.513 e. The lowest BCUT2D eigenvalue weighted by Gasteiger charge is -2.39. The van der Waals surface area contributed by atoms with Gasteiger partial charge in [0.15, 0.2) is 27.4 Å². The lowest BCUT2D eigenvalue weighted by molar-refractivity contribution is -0.384. The Bertz CT molecular complexity index is 1970. The third kappa shape index (κ3) is 5.77. The van der Waals surface area contributed by atoms with Crippen molar-refractivity contribution < 1.29 is 41.9 Å². The SMILES string of the molecule is C[C@]1(COC(=O)Oc2ccc([N+](=O)[O-])cc2)[C@H](C(=O)OC(c2ccccc2)c2ccccc2)N2C(=O)/C(=C/c3ccccn3)[C@H]2S1(=O)=O. The highest BCUT2D eigenvalue weighted by Crippen LogP contribution is 2.50. The zero-order chi connectivity index (χ0) is 34.1. The van der Waals surface area contributed by atoms with Gasteiger partial charge in [-0.05, 0) is 48.4 Å². The topological polar surface area (TPSA) is 172 Å². The molecule has 0 bridgehead atoms. The van der Waals surface area contributed by atoms with Crippen LogP contribution in [-0.2, 0) is 28.9 Å². The second-order valence-electron chi connectivity index (χ2n) is 11.2. The number of hydrogen-bond donors (Lipinski definition) is 0. The van der Waals surface area contributed by atoms with Gasteiger partial charge in [0, 0.05) is 18.3 Å². The molecule has 1 aromatic heterocycles. The average molecular weight is 670 g/mol. The summed E-state index contributed by atoms with van der Waals surface area (Å²) in [6.45, 7) is 0.316. The fraction of sp³-hybridized carbons (Fsp3) is 0.176. The van der Waals surface area contributed by atoms with Crippen molar-refractivity contribution in [2.24, 2.45) is 0 Å². The Labute approximate surface area is 274 Å². The van der Waals surface area contributed by atoms with Crippen LogP contribution < -0.4 is 4.74 Å². The first-order valence-electron chi connectivity index (χ1n) is 14.6. The highest BCUT2D eigenvalue weighted by Gasteiger charge is 2.73. The highest BCUT2D eigenvalue weighted by atomic mass is 32.2. The van der Waals surface area contributed by atoms with Crippen molar-refractivity contribution in [1.82, 2.24) is 9.88 Å². The first-order chi connectivity index (χ1) is 23.0. The zero-order valence-corrected chi connectivity index (χ0v) is 26.1. The van der Waals surface area contributed by atoms with Crippen molar-refractivity contribution in [3.63, 3.8) is 0 Å². The summed E-state index contributed by atoms with van der Waals surface area (Å²) >= 11 is 0. The molecule has 48 heavy (non-hydrogen) atoms. The number of hydrogen-bond acceptors (Lipinski definition) is 11. The van der Waals surface area contributed by atoms with Gasteiger partial charge in [0.1, 0.15) is 17.1 Å². The number of carbonyl (C=O) groups is 3. The number of rotatable bonds is 9. The molecule has 2 saturated heterocycles. The number of esters is 1. The third-order valence-corrected chi connectivity index (χ3v) is 10.9. The Balaban J connectivity index is 1.33. The summed E-state index contributed by atoms with van der Waals surface area (Å²) in [5, 5.41) is 9.40. The summed E-state index contributed by atoms with van der Waals surface area (Å²) in [5.74, 6) is -1.85. The Hall–Kier alpha value is -5.89. The molecule has 13 nitrogen and oxygen atoms in total. The van der Waals surface area contributed by atoms with E-state index in [1.165, 1.54) is 31.3 Å². The van der Waals surface area contributed by atoms with Crippen molar-refractivity contribution in [3.8, 4) is 5.75 Å². The maximum absolute atomic E-state index is 14.3. The number of amides is 1. The van der Waals surface area contributed by atoms with Crippen LogP contribution in [0.3, 0.4) is 0 Å². The van der Waals surface area contributed by atoms with E-state index in [0.717, 1.165) is 17.0 Å². The molecule has 14 heteroatoms. The van der Waals surface area contributed by atoms with Gasteiger partial charge in [-0.25, -0.2) is 18.0 Å². The number of sulfone groups is 1. The first-order valence-corrected chi connectivity index (χ1v) is 16.1. The lowest BCUT2D eigenvalue weighted by atomic mass is 9.94. The molecular formula is C34H27N3O10S. The second kappa shape index (κ2) is 12.7. The van der Waals surface area contributed by atoms with E-state index in [1.807, 2.05) is 0 Å². The van der Waals surface area contributed by atoms with Gasteiger partial charge in [-0.1, -0.05) is 66.7 Å². The minimum absolute atomic E-state index is 0.103. The average Bonchev–Trinajstić information content (AvgIpc) is 3.26. The van der Waals surface area contributed by atoms with Gasteiger partial charge in [-0.15, -0.1) is 0 Å². The number of nitro benzene ring substituents is 1. The van der Waals surface area contributed by atoms with E-state index in [1.54, 1.807) is 78.9 Å². The van der Waals surface area contributed by atoms with Gasteiger partial charge in [0.2, 0.25) is 0 Å². The molecule has 6 rings (SSSR count). The molecule has 0 unspecified atom stereocenters. The van der Waals surface area contributed by atoms with E-state index in [-0.39, 0.29) is 17.0 Å². The number of nitro groups is 1. The van der Waals surface area contributed by atoms with E-state index in [0.29, 0.717) is 16.8 Å². The van der Waals surface area contributed by atoms with Crippen LogP contribution in [0.5, 0.6) is 5.75 Å². The zero-order valence-electron chi connectivity index (χ0n) is 25.2. The van der Waals surface area contributed by atoms with Crippen molar-refractivity contribution in [3.05, 3.63) is 142 Å². The molecule has 0 saturated carbocycles. The minimum atomic E-state index is -4.47. The maximum Gasteiger partial charge on any atom is 0.513 e. The fourth-order valence-electron chi connectivity index (χ4n) is 5.73. The van der Waals surface area contributed by atoms with Crippen molar-refractivity contribution >= 4 is 39.6 Å². The molecule has 0 N–H and O–H groups in total. The molecule has 3 atom stereocenters. The number of aromatic nitrogens is 1. The quantitative estimate of drug-likeness (QED) is 0.0607. The highest BCUT2D eigenvalue weighted by molar-refractivity contribution is 7.94. The van der Waals surface area contributed by atoms with Crippen LogP contribution in [0, 0.1) is 10.1 Å². The molecule has 2 aliphatic rings. The smallest absolute Gasteiger partial charge is 0.451 e. The van der Waals surface area contributed by atoms with E-state index < -0.39 is 61.7 Å². The number of fused-ring (bicyclic) bond motifs is 1. The summed E-state index contributed by atoms with van der Waals surface area (Å²) in [6.07, 6.45) is 0.538. The van der Waals surface area contributed by atoms with Gasteiger partial charge in [-0.3, -0.25) is 19.9 Å². The lowest BCUT2D eigenvalue weighted by Crippen LogP contribution is -2.60. The third-order valence-electron chi connectivity index (χ3n) is 8.18. The molecule has 0 radical (unpaired) electrons. The Morgan fingerprint density at radius 2 is 1.56 bits per heavy atom. The molecule has 2 aliphatic heterocycles. The summed E-state index contributed by atoms with van der Waals surface area (Å²) in [7, 11) is -4.47. The van der Waals surface area contributed by atoms with E-state index in [4.69, 9.17) is 14.2 Å². The number of nitrogens with zero attached hydrogens (tertiary/aromatic N) is 3. The molecule has 2 fully saturated rings. The van der Waals surface area contributed by atoms with E-state index >= 15 is 0 Å². The van der Waals surface area contributed by atoms with Crippen LogP contribution in [0.25, 0.3) is 6.08 Å². The van der Waals surface area contributed by atoms with E-state index in [9.17, 15) is 32.9 Å². The number of ether oxygens (including phenoxy) is 3. The summed E-state index contributed by atoms with van der Waals surface area (Å²) in [4.78, 5) is 55.9. The second-order valence-corrected chi connectivity index (χ2v) is 13.7. The molecule has 244 valence electrons. The van der Waals surface area contributed by atoms with Crippen LogP contribution >= 0.6 is 0 Å². The summed E-state index contributed by atoms with van der Waals surface area (Å²) in [6, 6.07) is 25.4. The maximum atomic E-state index is 14.3. The van der Waals surface area contributed by atoms with Crippen molar-refractivity contribution in [1.29, 1.82) is 0 Å². The van der Waals surface area contributed by atoms with Crippen LogP contribution in [0.1, 0.15) is 29.8 Å². The fourth-order valence-corrected chi connectivity index (χ4v) is 8.00. The van der Waals surface area contributed by atoms with Crippen LogP contribution in [-0.4, -0.2) is 64.0 Å². The first kappa shape index (κ1) is 32.1. The van der Waals surface area contributed by atoms with Crippen LogP contribution in [0.2, 0.25) is 0 Å². The van der Waals surface area contributed by atoms with Crippen molar-refractivity contribution in [2.75, 3.05) is 6.61 Å². The monoisotopic (exact) mass is 669 g/mol. The van der Waals surface area contributed by atoms with Crippen molar-refractivity contribution in [2.45, 2.75) is 29.2 Å². The summed E-state index contributed by atoms with van der Waals surface area (Å²) in [5.41, 5.74) is 1.19. The molecule has 3 aromatic carbocycles. The Morgan fingerprint density at radius 3 is 2.12 bits per heavy atom. The van der Waals surface area contributed by atoms with Gasteiger partial charge in [-0.2, -0.15) is 0 Å². The number of benzene rings is 3. The summed E-state index contributed by atoms with van der Waals surface area (Å²) < 4.78 is 42.8. The molecule has 1 amide bonds. The number of carbonyl (C=O) groups excluding carboxylic acids is 3. The van der Waals surface area contributed by atoms with Crippen LogP contribution in [0.4, 0.5) is 10.5 Å². The van der Waals surface area contributed by atoms with E-state index in [2.05, 4.69) is 4.98 Å². The predicted octanol–water partition coefficient (Wildman–Crippen LogP) is 4.65.